The quantitative estimate of drug-likeness (QED) is 0.461. The van der Waals surface area contributed by atoms with E-state index in [-0.39, 0.29) is 5.41 Å². The predicted octanol–water partition coefficient (Wildman–Crippen LogP) is 2.14. The summed E-state index contributed by atoms with van der Waals surface area (Å²) in [5.74, 6) is 0. The summed E-state index contributed by atoms with van der Waals surface area (Å²) < 4.78 is 0. The van der Waals surface area contributed by atoms with Gasteiger partial charge in [-0.25, -0.2) is 0 Å². The fourth-order valence-corrected chi connectivity index (χ4v) is 0.310. The average molecular weight is 140 g/mol. The van der Waals surface area contributed by atoms with Crippen LogP contribution < -0.4 is 5.43 Å². The van der Waals surface area contributed by atoms with Crippen LogP contribution in [-0.2, 0) is 0 Å². The summed E-state index contributed by atoms with van der Waals surface area (Å²) in [6, 6.07) is 0. The minimum atomic E-state index is 0.149. The molecule has 0 aromatic rings. The fraction of sp³-hybridized carbons (Fsp3) is 0.625. The van der Waals surface area contributed by atoms with E-state index in [4.69, 9.17) is 0 Å². The zero-order valence-electron chi connectivity index (χ0n) is 7.23. The highest BCUT2D eigenvalue weighted by Gasteiger charge is 2.13. The number of nitrogens with one attached hydrogen (secondary N) is 1. The normalized spacial score (nSPS) is 13.0. The van der Waals surface area contributed by atoms with Gasteiger partial charge in [0.25, 0.3) is 0 Å². The maximum atomic E-state index is 4.06. The summed E-state index contributed by atoms with van der Waals surface area (Å²) in [7, 11) is 0. The van der Waals surface area contributed by atoms with Crippen molar-refractivity contribution in [1.82, 2.24) is 5.43 Å². The van der Waals surface area contributed by atoms with Crippen molar-refractivity contribution in [3.8, 4) is 0 Å². The van der Waals surface area contributed by atoms with Gasteiger partial charge in [-0.15, -0.1) is 0 Å². The Labute approximate surface area is 63.0 Å². The van der Waals surface area contributed by atoms with E-state index in [9.17, 15) is 0 Å². The molecule has 0 aliphatic carbocycles. The first-order chi connectivity index (χ1) is 4.48. The summed E-state index contributed by atoms with van der Waals surface area (Å²) >= 11 is 0. The van der Waals surface area contributed by atoms with Crippen LogP contribution in [0.2, 0.25) is 0 Å². The number of hydrogen-bond donors (Lipinski definition) is 1. The first kappa shape index (κ1) is 9.21. The molecule has 10 heavy (non-hydrogen) atoms. The maximum absolute atomic E-state index is 4.06. The van der Waals surface area contributed by atoms with Gasteiger partial charge in [0.2, 0.25) is 0 Å². The van der Waals surface area contributed by atoms with Gasteiger partial charge >= 0.3 is 0 Å². The summed E-state index contributed by atoms with van der Waals surface area (Å²) in [6.45, 7) is 11.9. The van der Waals surface area contributed by atoms with Gasteiger partial charge in [0, 0.05) is 17.3 Å². The van der Waals surface area contributed by atoms with E-state index < -0.39 is 0 Å². The monoisotopic (exact) mass is 140 g/mol. The summed E-state index contributed by atoms with van der Waals surface area (Å²) in [4.78, 5) is 0. The minimum Gasteiger partial charge on any atom is -0.286 e. The lowest BCUT2D eigenvalue weighted by molar-refractivity contribution is 0.582. The molecule has 58 valence electrons. The number of hydrazone groups is 1. The van der Waals surface area contributed by atoms with E-state index in [1.807, 2.05) is 6.92 Å². The second kappa shape index (κ2) is 3.40. The molecule has 0 aliphatic heterocycles. The molecule has 0 rings (SSSR count). The van der Waals surface area contributed by atoms with Gasteiger partial charge in [0.15, 0.2) is 0 Å². The molecule has 0 radical (unpaired) electrons. The Morgan fingerprint density at radius 3 is 2.30 bits per heavy atom. The standard InChI is InChI=1S/C8H16N2/c1-6-9-10-7(2)8(3,4)5/h6,9H,1H2,2-5H3/b10-7+. The van der Waals surface area contributed by atoms with Crippen LogP contribution in [0, 0.1) is 5.41 Å². The third kappa shape index (κ3) is 3.28. The lowest BCUT2D eigenvalue weighted by atomic mass is 9.91. The third-order valence-corrected chi connectivity index (χ3v) is 1.41. The van der Waals surface area contributed by atoms with E-state index in [0.717, 1.165) is 5.71 Å². The molecule has 1 N–H and O–H groups in total. The highest BCUT2D eigenvalue weighted by molar-refractivity contribution is 5.86. The lowest BCUT2D eigenvalue weighted by Gasteiger charge is -2.16. The second-order valence-corrected chi connectivity index (χ2v) is 3.28. The third-order valence-electron chi connectivity index (χ3n) is 1.41. The van der Waals surface area contributed by atoms with E-state index in [1.165, 1.54) is 0 Å². The van der Waals surface area contributed by atoms with Crippen LogP contribution in [0.3, 0.4) is 0 Å². The van der Waals surface area contributed by atoms with Crippen molar-refractivity contribution >= 4 is 5.71 Å². The zero-order chi connectivity index (χ0) is 8.20. The van der Waals surface area contributed by atoms with Crippen LogP contribution in [0.25, 0.3) is 0 Å². The Kier molecular flexibility index (Phi) is 3.13. The fourth-order valence-electron chi connectivity index (χ4n) is 0.310. The largest absolute Gasteiger partial charge is 0.286 e. The summed E-state index contributed by atoms with van der Waals surface area (Å²) in [6.07, 6.45) is 1.56. The van der Waals surface area contributed by atoms with E-state index in [2.05, 4.69) is 37.9 Å². The Morgan fingerprint density at radius 1 is 1.50 bits per heavy atom. The van der Waals surface area contributed by atoms with Crippen LogP contribution in [-0.4, -0.2) is 5.71 Å². The van der Waals surface area contributed by atoms with Crippen molar-refractivity contribution < 1.29 is 0 Å². The molecule has 0 amide bonds. The molecule has 2 nitrogen and oxygen atoms in total. The molecule has 0 bridgehead atoms. The second-order valence-electron chi connectivity index (χ2n) is 3.28. The van der Waals surface area contributed by atoms with Gasteiger partial charge < -0.3 is 0 Å². The Hall–Kier alpha value is -0.790. The Balaban J connectivity index is 4.05. The SMILES string of the molecule is C=CN/N=C(\C)C(C)(C)C. The van der Waals surface area contributed by atoms with Crippen molar-refractivity contribution in [2.45, 2.75) is 27.7 Å². The molecule has 0 fully saturated rings. The van der Waals surface area contributed by atoms with E-state index in [1.54, 1.807) is 6.20 Å². The molecular formula is C8H16N2. The van der Waals surface area contributed by atoms with Crippen LogP contribution in [0.1, 0.15) is 27.7 Å². The van der Waals surface area contributed by atoms with Crippen LogP contribution in [0.4, 0.5) is 0 Å². The molecule has 0 aliphatic rings. The number of rotatable bonds is 2. The molecular weight excluding hydrogens is 124 g/mol. The molecule has 0 saturated heterocycles. The highest BCUT2D eigenvalue weighted by Crippen LogP contribution is 2.14. The number of nitrogens with zero attached hydrogens (tertiary/aromatic N) is 1. The maximum Gasteiger partial charge on any atom is 0.0404 e. The molecule has 0 spiro atoms. The van der Waals surface area contributed by atoms with E-state index >= 15 is 0 Å². The van der Waals surface area contributed by atoms with Gasteiger partial charge in [0.05, 0.1) is 0 Å². The van der Waals surface area contributed by atoms with E-state index in [0.29, 0.717) is 0 Å². The van der Waals surface area contributed by atoms with Gasteiger partial charge in [0.1, 0.15) is 0 Å². The Morgan fingerprint density at radius 2 is 2.00 bits per heavy atom. The van der Waals surface area contributed by atoms with Gasteiger partial charge in [-0.1, -0.05) is 27.4 Å². The first-order valence-electron chi connectivity index (χ1n) is 3.39. The van der Waals surface area contributed by atoms with Crippen molar-refractivity contribution in [3.05, 3.63) is 12.8 Å². The summed E-state index contributed by atoms with van der Waals surface area (Å²) in [5.41, 5.74) is 3.93. The van der Waals surface area contributed by atoms with Crippen molar-refractivity contribution in [3.63, 3.8) is 0 Å². The van der Waals surface area contributed by atoms with Crippen molar-refractivity contribution in [2.24, 2.45) is 10.5 Å². The first-order valence-corrected chi connectivity index (χ1v) is 3.39. The molecule has 0 atom stereocenters. The van der Waals surface area contributed by atoms with Crippen LogP contribution >= 0.6 is 0 Å². The van der Waals surface area contributed by atoms with Crippen LogP contribution in [0.5, 0.6) is 0 Å². The smallest absolute Gasteiger partial charge is 0.0404 e. The molecule has 0 aromatic heterocycles. The van der Waals surface area contributed by atoms with Crippen LogP contribution in [0.15, 0.2) is 17.9 Å². The minimum absolute atomic E-state index is 0.149. The molecule has 0 saturated carbocycles. The lowest BCUT2D eigenvalue weighted by Crippen LogP contribution is -2.18. The van der Waals surface area contributed by atoms with Gasteiger partial charge in [-0.3, -0.25) is 5.43 Å². The van der Waals surface area contributed by atoms with Crippen molar-refractivity contribution in [1.29, 1.82) is 0 Å². The molecule has 2 heteroatoms. The molecule has 0 aromatic carbocycles. The average Bonchev–Trinajstić information content (AvgIpc) is 1.80. The molecule has 0 heterocycles. The number of hydrogen-bond acceptors (Lipinski definition) is 2. The van der Waals surface area contributed by atoms with Gasteiger partial charge in [-0.05, 0) is 6.92 Å². The predicted molar refractivity (Wildman–Crippen MR) is 45.9 cm³/mol. The topological polar surface area (TPSA) is 24.4 Å². The van der Waals surface area contributed by atoms with Gasteiger partial charge in [-0.2, -0.15) is 5.10 Å². The highest BCUT2D eigenvalue weighted by atomic mass is 15.3. The Bertz CT molecular complexity index is 140. The zero-order valence-corrected chi connectivity index (χ0v) is 7.23. The molecule has 0 unspecified atom stereocenters. The van der Waals surface area contributed by atoms with Crippen molar-refractivity contribution in [2.75, 3.05) is 0 Å². The summed E-state index contributed by atoms with van der Waals surface area (Å²) in [5, 5.41) is 4.06.